The second-order valence-electron chi connectivity index (χ2n) is 3.89. The Kier molecular flexibility index (Phi) is 4.54. The molecule has 0 saturated carbocycles. The molecular formula is C11H15BO5. The highest BCUT2D eigenvalue weighted by Crippen LogP contribution is 2.15. The molecule has 1 aromatic carbocycles. The van der Waals surface area contributed by atoms with Crippen molar-refractivity contribution in [2.75, 3.05) is 7.11 Å². The lowest BCUT2D eigenvalue weighted by molar-refractivity contribution is -0.141. The van der Waals surface area contributed by atoms with Crippen molar-refractivity contribution in [1.29, 1.82) is 0 Å². The number of methoxy groups -OCH3 is 1. The summed E-state index contributed by atoms with van der Waals surface area (Å²) < 4.78 is 5.02. The molecule has 5 nitrogen and oxygen atoms in total. The normalized spacial score (nSPS) is 12.0. The Morgan fingerprint density at radius 1 is 1.47 bits per heavy atom. The third-order valence-corrected chi connectivity index (χ3v) is 2.54. The van der Waals surface area contributed by atoms with Gasteiger partial charge >= 0.3 is 13.1 Å². The second-order valence-corrected chi connectivity index (χ2v) is 3.89. The Balaban J connectivity index is 2.93. The van der Waals surface area contributed by atoms with Crippen LogP contribution in [0.1, 0.15) is 12.5 Å². The summed E-state index contributed by atoms with van der Waals surface area (Å²) in [5.74, 6) is -1.02. The van der Waals surface area contributed by atoms with Crippen molar-refractivity contribution < 1.29 is 24.7 Å². The number of carboxylic acids is 1. The Morgan fingerprint density at radius 3 is 2.59 bits per heavy atom. The summed E-state index contributed by atoms with van der Waals surface area (Å²) in [5, 5.41) is 27.0. The first-order valence-electron chi connectivity index (χ1n) is 5.21. The van der Waals surface area contributed by atoms with E-state index in [4.69, 9.17) is 19.9 Å². The molecule has 1 atom stereocenters. The lowest BCUT2D eigenvalue weighted by atomic mass is 9.79. The van der Waals surface area contributed by atoms with Gasteiger partial charge in [0, 0.05) is 5.46 Å². The molecule has 17 heavy (non-hydrogen) atoms. The van der Waals surface area contributed by atoms with Crippen LogP contribution in [0.25, 0.3) is 0 Å². The molecule has 0 fully saturated rings. The van der Waals surface area contributed by atoms with Crippen molar-refractivity contribution in [2.45, 2.75) is 13.3 Å². The summed E-state index contributed by atoms with van der Waals surface area (Å²) in [6, 6.07) is 4.80. The lowest BCUT2D eigenvalue weighted by Gasteiger charge is -2.11. The Bertz CT molecular complexity index is 405. The maximum absolute atomic E-state index is 10.7. The van der Waals surface area contributed by atoms with E-state index in [0.717, 1.165) is 5.56 Å². The minimum Gasteiger partial charge on any atom is -0.497 e. The minimum atomic E-state index is -1.60. The van der Waals surface area contributed by atoms with Gasteiger partial charge in [0.25, 0.3) is 0 Å². The van der Waals surface area contributed by atoms with Crippen molar-refractivity contribution in [3.05, 3.63) is 23.8 Å². The molecule has 0 spiro atoms. The SMILES string of the molecule is COc1cc(C[C@H](C)C(=O)O)ccc1B(O)O. The highest BCUT2D eigenvalue weighted by Gasteiger charge is 2.18. The smallest absolute Gasteiger partial charge is 0.492 e. The van der Waals surface area contributed by atoms with Gasteiger partial charge < -0.3 is 19.9 Å². The molecule has 0 aliphatic rings. The van der Waals surface area contributed by atoms with Crippen molar-refractivity contribution >= 4 is 18.6 Å². The van der Waals surface area contributed by atoms with E-state index < -0.39 is 19.0 Å². The molecule has 92 valence electrons. The zero-order valence-electron chi connectivity index (χ0n) is 9.75. The van der Waals surface area contributed by atoms with Gasteiger partial charge in [-0.15, -0.1) is 0 Å². The standard InChI is InChI=1S/C11H15BO5/c1-7(11(13)14)5-8-3-4-9(12(15)16)10(6-8)17-2/h3-4,6-7,15-16H,5H2,1-2H3,(H,13,14)/t7-/m0/s1. The van der Waals surface area contributed by atoms with Crippen molar-refractivity contribution in [3.63, 3.8) is 0 Å². The fourth-order valence-electron chi connectivity index (χ4n) is 1.54. The maximum Gasteiger partial charge on any atom is 0.492 e. The van der Waals surface area contributed by atoms with Gasteiger partial charge in [0.15, 0.2) is 0 Å². The van der Waals surface area contributed by atoms with Crippen LogP contribution in [0, 0.1) is 5.92 Å². The number of hydrogen-bond donors (Lipinski definition) is 3. The third kappa shape index (κ3) is 3.47. The van der Waals surface area contributed by atoms with Gasteiger partial charge in [-0.05, 0) is 18.1 Å². The molecule has 6 heteroatoms. The average molecular weight is 238 g/mol. The van der Waals surface area contributed by atoms with E-state index in [1.54, 1.807) is 19.1 Å². The van der Waals surface area contributed by atoms with E-state index in [1.165, 1.54) is 13.2 Å². The van der Waals surface area contributed by atoms with E-state index in [-0.39, 0.29) is 5.46 Å². The molecule has 3 N–H and O–H groups in total. The molecule has 0 aliphatic carbocycles. The highest BCUT2D eigenvalue weighted by molar-refractivity contribution is 6.59. The first-order chi connectivity index (χ1) is 7.95. The number of carboxylic acid groups (broad SMARTS) is 1. The second kappa shape index (κ2) is 5.70. The topological polar surface area (TPSA) is 87.0 Å². The van der Waals surface area contributed by atoms with Crippen LogP contribution in [0.4, 0.5) is 0 Å². The highest BCUT2D eigenvalue weighted by atomic mass is 16.5. The summed E-state index contributed by atoms with van der Waals surface area (Å²) >= 11 is 0. The van der Waals surface area contributed by atoms with Crippen LogP contribution in [0.5, 0.6) is 5.75 Å². The fraction of sp³-hybridized carbons (Fsp3) is 0.364. The molecule has 0 saturated heterocycles. The van der Waals surface area contributed by atoms with Crippen molar-refractivity contribution in [3.8, 4) is 5.75 Å². The number of ether oxygens (including phenoxy) is 1. The van der Waals surface area contributed by atoms with Crippen molar-refractivity contribution in [1.82, 2.24) is 0 Å². The predicted octanol–water partition coefficient (Wildman–Crippen LogP) is -0.362. The van der Waals surface area contributed by atoms with Gasteiger partial charge in [0.2, 0.25) is 0 Å². The molecule has 0 amide bonds. The summed E-state index contributed by atoms with van der Waals surface area (Å²) in [6.45, 7) is 1.61. The lowest BCUT2D eigenvalue weighted by Crippen LogP contribution is -2.31. The number of rotatable bonds is 5. The van der Waals surface area contributed by atoms with Crippen molar-refractivity contribution in [2.24, 2.45) is 5.92 Å². The van der Waals surface area contributed by atoms with Gasteiger partial charge in [-0.25, -0.2) is 0 Å². The molecular weight excluding hydrogens is 223 g/mol. The molecule has 0 heterocycles. The van der Waals surface area contributed by atoms with Gasteiger partial charge in [-0.3, -0.25) is 4.79 Å². The summed E-state index contributed by atoms with van der Waals surface area (Å²) in [6.07, 6.45) is 0.369. The molecule has 0 aromatic heterocycles. The van der Waals surface area contributed by atoms with E-state index in [9.17, 15) is 4.79 Å². The molecule has 0 bridgehead atoms. The first kappa shape index (κ1) is 13.5. The Morgan fingerprint density at radius 2 is 2.12 bits per heavy atom. The van der Waals surface area contributed by atoms with Crippen LogP contribution in [-0.4, -0.2) is 35.4 Å². The van der Waals surface area contributed by atoms with Crippen LogP contribution < -0.4 is 10.2 Å². The minimum absolute atomic E-state index is 0.263. The van der Waals surface area contributed by atoms with E-state index in [2.05, 4.69) is 0 Å². The number of hydrogen-bond acceptors (Lipinski definition) is 4. The van der Waals surface area contributed by atoms with E-state index in [1.807, 2.05) is 0 Å². The number of benzene rings is 1. The van der Waals surface area contributed by atoms with Gasteiger partial charge in [-0.1, -0.05) is 19.1 Å². The van der Waals surface area contributed by atoms with Gasteiger partial charge in [0.1, 0.15) is 5.75 Å². The fourth-order valence-corrected chi connectivity index (χ4v) is 1.54. The number of aliphatic carboxylic acids is 1. The third-order valence-electron chi connectivity index (χ3n) is 2.54. The average Bonchev–Trinajstić information content (AvgIpc) is 2.28. The zero-order valence-corrected chi connectivity index (χ0v) is 9.75. The molecule has 0 unspecified atom stereocenters. The van der Waals surface area contributed by atoms with Crippen LogP contribution in [0.3, 0.4) is 0 Å². The van der Waals surface area contributed by atoms with Crippen LogP contribution >= 0.6 is 0 Å². The maximum atomic E-state index is 10.7. The molecule has 0 radical (unpaired) electrons. The quantitative estimate of drug-likeness (QED) is 0.609. The molecule has 0 aliphatic heterocycles. The largest absolute Gasteiger partial charge is 0.497 e. The summed E-state index contributed by atoms with van der Waals surface area (Å²) in [4.78, 5) is 10.7. The van der Waals surface area contributed by atoms with E-state index >= 15 is 0 Å². The van der Waals surface area contributed by atoms with Crippen LogP contribution in [0.2, 0.25) is 0 Å². The van der Waals surface area contributed by atoms with Crippen LogP contribution in [-0.2, 0) is 11.2 Å². The summed E-state index contributed by atoms with van der Waals surface area (Å²) in [7, 11) is -0.179. The Hall–Kier alpha value is -1.53. The zero-order chi connectivity index (χ0) is 13.0. The molecule has 1 aromatic rings. The molecule has 1 rings (SSSR count). The Labute approximate surface area is 99.8 Å². The van der Waals surface area contributed by atoms with E-state index in [0.29, 0.717) is 12.2 Å². The predicted molar refractivity (Wildman–Crippen MR) is 63.3 cm³/mol. The van der Waals surface area contributed by atoms with Crippen LogP contribution in [0.15, 0.2) is 18.2 Å². The monoisotopic (exact) mass is 238 g/mol. The van der Waals surface area contributed by atoms with Gasteiger partial charge in [0.05, 0.1) is 13.0 Å². The number of carbonyl (C=O) groups is 1. The first-order valence-corrected chi connectivity index (χ1v) is 5.21. The van der Waals surface area contributed by atoms with Gasteiger partial charge in [-0.2, -0.15) is 0 Å². The summed E-state index contributed by atoms with van der Waals surface area (Å²) in [5.41, 5.74) is 1.04.